The van der Waals surface area contributed by atoms with Crippen LogP contribution in [-0.2, 0) is 5.79 Å². The molecule has 4 N–H and O–H groups in total. The first-order valence-corrected chi connectivity index (χ1v) is 6.29. The second-order valence-corrected chi connectivity index (χ2v) is 5.16. The lowest BCUT2D eigenvalue weighted by Crippen LogP contribution is -2.53. The summed E-state index contributed by atoms with van der Waals surface area (Å²) in [5.74, 6) is -1.24. The Morgan fingerprint density at radius 3 is 2.79 bits per heavy atom. The summed E-state index contributed by atoms with van der Waals surface area (Å²) in [4.78, 5) is 11.9. The number of nitrogens with one attached hydrogen (secondary N) is 2. The third-order valence-corrected chi connectivity index (χ3v) is 3.81. The van der Waals surface area contributed by atoms with Crippen LogP contribution in [0.5, 0.6) is 0 Å². The number of rotatable bonds is 3. The largest absolute Gasteiger partial charge is 0.433 e. The maximum atomic E-state index is 10.6. The van der Waals surface area contributed by atoms with Crippen molar-refractivity contribution in [1.29, 1.82) is 0 Å². The number of furan rings is 1. The van der Waals surface area contributed by atoms with Gasteiger partial charge in [-0.3, -0.25) is 15.8 Å². The molecule has 104 valence electrons. The molecule has 1 aliphatic rings. The van der Waals surface area contributed by atoms with Crippen molar-refractivity contribution in [1.82, 2.24) is 14.9 Å². The average molecular weight is 285 g/mol. The van der Waals surface area contributed by atoms with E-state index in [2.05, 4.69) is 10.0 Å². The third kappa shape index (κ3) is 2.53. The Morgan fingerprint density at radius 1 is 1.58 bits per heavy atom. The van der Waals surface area contributed by atoms with Gasteiger partial charge in [0.05, 0.1) is 6.07 Å². The Hall–Kier alpha value is -1.71. The molecule has 0 bridgehead atoms. The maximum Gasteiger partial charge on any atom is 0.433 e. The van der Waals surface area contributed by atoms with Crippen LogP contribution in [0.3, 0.4) is 0 Å². The number of allylic oxidation sites excluding steroid dienone is 1. The minimum atomic E-state index is -1.16. The summed E-state index contributed by atoms with van der Waals surface area (Å²) in [5.41, 5.74) is 7.10. The van der Waals surface area contributed by atoms with Crippen LogP contribution in [-0.4, -0.2) is 23.9 Å². The Morgan fingerprint density at radius 2 is 2.26 bits per heavy atom. The molecule has 2 heterocycles. The average Bonchev–Trinajstić information content (AvgIpc) is 2.95. The molecule has 8 nitrogen and oxygen atoms in total. The van der Waals surface area contributed by atoms with Crippen molar-refractivity contribution in [2.24, 2.45) is 5.73 Å². The zero-order valence-corrected chi connectivity index (χ0v) is 11.6. The molecular formula is C10H15N5O3S. The predicted molar refractivity (Wildman–Crippen MR) is 71.5 cm³/mol. The van der Waals surface area contributed by atoms with Gasteiger partial charge in [-0.15, -0.1) is 0 Å². The molecule has 0 aromatic carbocycles. The van der Waals surface area contributed by atoms with Crippen molar-refractivity contribution in [2.75, 3.05) is 14.1 Å². The zero-order chi connectivity index (χ0) is 14.2. The van der Waals surface area contributed by atoms with Gasteiger partial charge in [0.1, 0.15) is 9.95 Å². The van der Waals surface area contributed by atoms with Gasteiger partial charge in [-0.2, -0.15) is 0 Å². The first-order chi connectivity index (χ1) is 8.83. The topological polar surface area (TPSA) is 110 Å². The standard InChI is InChI=1S/C10H15N5O3S/c1-6(14(2)3)9-12-10(11,13-19-9)7-4-5-8(18-7)15(16)17/h4-5,12-13H,11H2,1-3H3. The van der Waals surface area contributed by atoms with Crippen LogP contribution in [0.15, 0.2) is 27.3 Å². The van der Waals surface area contributed by atoms with Crippen LogP contribution in [0.1, 0.15) is 12.7 Å². The minimum Gasteiger partial charge on any atom is -0.400 e. The van der Waals surface area contributed by atoms with E-state index in [0.717, 1.165) is 10.7 Å². The summed E-state index contributed by atoms with van der Waals surface area (Å²) in [5, 5.41) is 14.5. The predicted octanol–water partition coefficient (Wildman–Crippen LogP) is 0.848. The van der Waals surface area contributed by atoms with Gasteiger partial charge in [0, 0.05) is 19.8 Å². The van der Waals surface area contributed by atoms with Gasteiger partial charge in [0.25, 0.3) is 0 Å². The molecule has 1 aromatic rings. The fourth-order valence-corrected chi connectivity index (χ4v) is 2.44. The van der Waals surface area contributed by atoms with Crippen LogP contribution in [0.2, 0.25) is 0 Å². The summed E-state index contributed by atoms with van der Waals surface area (Å²) in [7, 11) is 3.83. The number of hydrogen-bond acceptors (Lipinski definition) is 8. The van der Waals surface area contributed by atoms with E-state index in [-0.39, 0.29) is 11.6 Å². The molecule has 1 aromatic heterocycles. The van der Waals surface area contributed by atoms with Crippen molar-refractivity contribution in [3.05, 3.63) is 38.7 Å². The molecule has 0 saturated carbocycles. The van der Waals surface area contributed by atoms with E-state index < -0.39 is 10.7 Å². The summed E-state index contributed by atoms with van der Waals surface area (Å²) in [6.07, 6.45) is 0. The van der Waals surface area contributed by atoms with Crippen molar-refractivity contribution >= 4 is 17.8 Å². The molecule has 9 heteroatoms. The first kappa shape index (κ1) is 13.7. The fourth-order valence-electron chi connectivity index (χ4n) is 1.48. The molecule has 1 atom stereocenters. The van der Waals surface area contributed by atoms with E-state index in [4.69, 9.17) is 10.2 Å². The monoisotopic (exact) mass is 285 g/mol. The second kappa shape index (κ2) is 4.76. The van der Waals surface area contributed by atoms with Crippen molar-refractivity contribution in [3.8, 4) is 0 Å². The van der Waals surface area contributed by atoms with Gasteiger partial charge in [-0.25, -0.2) is 4.72 Å². The lowest BCUT2D eigenvalue weighted by molar-refractivity contribution is -0.402. The van der Waals surface area contributed by atoms with Gasteiger partial charge in [0.2, 0.25) is 5.79 Å². The summed E-state index contributed by atoms with van der Waals surface area (Å²) in [6, 6.07) is 2.76. The SMILES string of the molecule is CC(=C1NC(N)(c2ccc([N+](=O)[O-])o2)NS1)N(C)C. The Bertz CT molecular complexity index is 541. The Labute approximate surface area is 114 Å². The molecule has 0 spiro atoms. The summed E-state index contributed by atoms with van der Waals surface area (Å²) < 4.78 is 8.09. The van der Waals surface area contributed by atoms with Crippen molar-refractivity contribution in [2.45, 2.75) is 12.7 Å². The van der Waals surface area contributed by atoms with E-state index in [0.29, 0.717) is 0 Å². The Kier molecular flexibility index (Phi) is 3.43. The van der Waals surface area contributed by atoms with Crippen molar-refractivity contribution in [3.63, 3.8) is 0 Å². The van der Waals surface area contributed by atoms with Crippen LogP contribution in [0.4, 0.5) is 5.88 Å². The van der Waals surface area contributed by atoms with Crippen LogP contribution in [0, 0.1) is 10.1 Å². The normalized spacial score (nSPS) is 25.1. The number of hydrogen-bond donors (Lipinski definition) is 3. The second-order valence-electron chi connectivity index (χ2n) is 4.34. The molecular weight excluding hydrogens is 270 g/mol. The fraction of sp³-hybridized carbons (Fsp3) is 0.400. The van der Waals surface area contributed by atoms with E-state index in [1.165, 1.54) is 24.1 Å². The molecule has 1 aliphatic heterocycles. The quantitative estimate of drug-likeness (QED) is 0.426. The van der Waals surface area contributed by atoms with E-state index in [1.807, 2.05) is 25.9 Å². The highest BCUT2D eigenvalue weighted by atomic mass is 32.2. The molecule has 1 fully saturated rings. The third-order valence-electron chi connectivity index (χ3n) is 2.78. The molecule has 1 unspecified atom stereocenters. The minimum absolute atomic E-state index is 0.258. The number of nitrogens with two attached hydrogens (primary N) is 1. The van der Waals surface area contributed by atoms with E-state index in [1.54, 1.807) is 0 Å². The smallest absolute Gasteiger partial charge is 0.400 e. The highest BCUT2D eigenvalue weighted by Gasteiger charge is 2.39. The highest BCUT2D eigenvalue weighted by molar-refractivity contribution is 8.01. The van der Waals surface area contributed by atoms with E-state index in [9.17, 15) is 10.1 Å². The van der Waals surface area contributed by atoms with Crippen LogP contribution >= 0.6 is 11.9 Å². The summed E-state index contributed by atoms with van der Waals surface area (Å²) >= 11 is 1.32. The van der Waals surface area contributed by atoms with Crippen LogP contribution in [0.25, 0.3) is 0 Å². The van der Waals surface area contributed by atoms with E-state index >= 15 is 0 Å². The maximum absolute atomic E-state index is 10.6. The lowest BCUT2D eigenvalue weighted by atomic mass is 10.3. The lowest BCUT2D eigenvalue weighted by Gasteiger charge is -2.21. The van der Waals surface area contributed by atoms with Gasteiger partial charge in [-0.1, -0.05) is 0 Å². The molecule has 0 aliphatic carbocycles. The molecule has 1 saturated heterocycles. The molecule has 2 rings (SSSR count). The molecule has 0 amide bonds. The summed E-state index contributed by atoms with van der Waals surface area (Å²) in [6.45, 7) is 1.94. The highest BCUT2D eigenvalue weighted by Crippen LogP contribution is 2.32. The number of nitrogens with zero attached hydrogens (tertiary/aromatic N) is 2. The van der Waals surface area contributed by atoms with Gasteiger partial charge >= 0.3 is 5.88 Å². The van der Waals surface area contributed by atoms with Crippen LogP contribution < -0.4 is 15.8 Å². The van der Waals surface area contributed by atoms with Gasteiger partial charge in [0.15, 0.2) is 5.76 Å². The van der Waals surface area contributed by atoms with Gasteiger partial charge in [-0.05, 0) is 24.9 Å². The first-order valence-electron chi connectivity index (χ1n) is 5.47. The zero-order valence-electron chi connectivity index (χ0n) is 10.8. The van der Waals surface area contributed by atoms with Crippen molar-refractivity contribution < 1.29 is 9.34 Å². The molecule has 19 heavy (non-hydrogen) atoms. The number of nitro groups is 1. The Balaban J connectivity index is 2.26. The molecule has 0 radical (unpaired) electrons. The van der Waals surface area contributed by atoms with Gasteiger partial charge < -0.3 is 14.6 Å².